The molecule has 8 heteroatoms. The van der Waals surface area contributed by atoms with Crippen molar-refractivity contribution in [2.24, 2.45) is 11.7 Å². The number of aliphatic hydroxyl groups excluding tert-OH is 1. The van der Waals surface area contributed by atoms with Crippen molar-refractivity contribution >= 4 is 16.7 Å². The van der Waals surface area contributed by atoms with E-state index in [-0.39, 0.29) is 19.2 Å². The number of benzene rings is 1. The van der Waals surface area contributed by atoms with Crippen LogP contribution in [0, 0.1) is 5.92 Å². The smallest absolute Gasteiger partial charge is 0.160 e. The van der Waals surface area contributed by atoms with Crippen LogP contribution in [0.5, 0.6) is 5.75 Å². The van der Waals surface area contributed by atoms with Crippen LogP contribution >= 0.6 is 0 Å². The van der Waals surface area contributed by atoms with Crippen molar-refractivity contribution in [3.8, 4) is 17.0 Å². The molecule has 33 heavy (non-hydrogen) atoms. The molecule has 0 saturated carbocycles. The number of nitrogens with two attached hydrogens (primary N) is 1. The molecule has 0 aliphatic carbocycles. The summed E-state index contributed by atoms with van der Waals surface area (Å²) in [6.07, 6.45) is 3.42. The van der Waals surface area contributed by atoms with Crippen molar-refractivity contribution in [1.29, 1.82) is 0 Å². The number of fused-ring (bicyclic) bond motifs is 1. The fraction of sp³-hybridized carbons (Fsp3) is 0.520. The lowest BCUT2D eigenvalue weighted by Gasteiger charge is -2.29. The molecular weight excluding hydrogens is 418 g/mol. The fourth-order valence-corrected chi connectivity index (χ4v) is 4.26. The average Bonchev–Trinajstić information content (AvgIpc) is 3.27. The summed E-state index contributed by atoms with van der Waals surface area (Å²) in [7, 11) is 2.15. The number of ether oxygens (including phenoxy) is 2. The molecule has 1 aliphatic heterocycles. The van der Waals surface area contributed by atoms with E-state index in [1.54, 1.807) is 0 Å². The summed E-state index contributed by atoms with van der Waals surface area (Å²) in [5.41, 5.74) is 9.31. The van der Waals surface area contributed by atoms with E-state index in [4.69, 9.17) is 20.2 Å². The quantitative estimate of drug-likeness (QED) is 0.513. The normalized spacial score (nSPS) is 15.8. The monoisotopic (exact) mass is 453 g/mol. The van der Waals surface area contributed by atoms with Crippen LogP contribution in [0.25, 0.3) is 22.3 Å². The minimum atomic E-state index is -0.686. The molecule has 4 rings (SSSR count). The van der Waals surface area contributed by atoms with Crippen LogP contribution in [-0.2, 0) is 4.74 Å². The minimum Gasteiger partial charge on any atom is -0.491 e. The highest BCUT2D eigenvalue weighted by molar-refractivity contribution is 5.92. The van der Waals surface area contributed by atoms with Gasteiger partial charge in [0.25, 0.3) is 0 Å². The molecule has 178 valence electrons. The Morgan fingerprint density at radius 1 is 1.27 bits per heavy atom. The molecule has 0 amide bonds. The van der Waals surface area contributed by atoms with Gasteiger partial charge >= 0.3 is 0 Å². The predicted octanol–water partition coefficient (Wildman–Crippen LogP) is 3.24. The molecule has 8 nitrogen and oxygen atoms in total. The Kier molecular flexibility index (Phi) is 7.47. The zero-order valence-corrected chi connectivity index (χ0v) is 19.8. The van der Waals surface area contributed by atoms with Gasteiger partial charge < -0.3 is 25.2 Å². The van der Waals surface area contributed by atoms with E-state index in [1.807, 2.05) is 35.1 Å². The van der Waals surface area contributed by atoms with Gasteiger partial charge in [-0.2, -0.15) is 5.10 Å². The zero-order chi connectivity index (χ0) is 23.4. The van der Waals surface area contributed by atoms with Gasteiger partial charge in [0, 0.05) is 45.0 Å². The summed E-state index contributed by atoms with van der Waals surface area (Å²) < 4.78 is 13.3. The van der Waals surface area contributed by atoms with Gasteiger partial charge in [0.05, 0.1) is 23.0 Å². The number of hydrogen-bond acceptors (Lipinski definition) is 7. The molecule has 1 atom stereocenters. The minimum absolute atomic E-state index is 0.158. The third kappa shape index (κ3) is 5.46. The first-order valence-electron chi connectivity index (χ1n) is 11.7. The summed E-state index contributed by atoms with van der Waals surface area (Å²) >= 11 is 0. The Morgan fingerprint density at radius 2 is 2.06 bits per heavy atom. The van der Waals surface area contributed by atoms with Crippen molar-refractivity contribution in [1.82, 2.24) is 14.8 Å². The second-order valence-electron chi connectivity index (χ2n) is 9.11. The number of aliphatic hydroxyl groups is 1. The van der Waals surface area contributed by atoms with Crippen molar-refractivity contribution in [3.05, 3.63) is 36.5 Å². The van der Waals surface area contributed by atoms with Crippen molar-refractivity contribution in [2.45, 2.75) is 38.8 Å². The van der Waals surface area contributed by atoms with Gasteiger partial charge in [0.2, 0.25) is 0 Å². The van der Waals surface area contributed by atoms with E-state index in [9.17, 15) is 5.11 Å². The number of rotatable bonds is 9. The molecule has 2 aromatic heterocycles. The first kappa shape index (κ1) is 23.5. The number of anilines is 1. The van der Waals surface area contributed by atoms with Crippen molar-refractivity contribution < 1.29 is 14.6 Å². The molecule has 0 bridgehead atoms. The van der Waals surface area contributed by atoms with Crippen molar-refractivity contribution in [2.75, 3.05) is 44.9 Å². The van der Waals surface area contributed by atoms with Crippen LogP contribution in [0.1, 0.15) is 32.7 Å². The second kappa shape index (κ2) is 10.5. The van der Waals surface area contributed by atoms with E-state index >= 15 is 0 Å². The molecule has 1 aliphatic rings. The van der Waals surface area contributed by atoms with Gasteiger partial charge in [-0.25, -0.2) is 9.67 Å². The van der Waals surface area contributed by atoms with Gasteiger partial charge in [-0.05, 0) is 50.8 Å². The molecular formula is C25H35N5O3. The van der Waals surface area contributed by atoms with Crippen LogP contribution in [0.2, 0.25) is 0 Å². The van der Waals surface area contributed by atoms with Crippen LogP contribution in [0.15, 0.2) is 36.5 Å². The van der Waals surface area contributed by atoms with E-state index in [2.05, 4.69) is 37.0 Å². The lowest BCUT2D eigenvalue weighted by molar-refractivity contribution is 0.0685. The Hall–Kier alpha value is -2.68. The van der Waals surface area contributed by atoms with Gasteiger partial charge in [-0.15, -0.1) is 0 Å². The van der Waals surface area contributed by atoms with Crippen LogP contribution in [-0.4, -0.2) is 65.9 Å². The summed E-state index contributed by atoms with van der Waals surface area (Å²) in [5, 5.41) is 15.4. The lowest BCUT2D eigenvalue weighted by Crippen LogP contribution is -2.29. The van der Waals surface area contributed by atoms with Crippen molar-refractivity contribution in [3.63, 3.8) is 0 Å². The number of hydrogen-bond donors (Lipinski definition) is 2. The maximum absolute atomic E-state index is 9.73. The molecule has 3 N–H and O–H groups in total. The number of aromatic nitrogens is 3. The third-order valence-corrected chi connectivity index (χ3v) is 6.16. The maximum atomic E-state index is 9.73. The molecule has 1 fully saturated rings. The number of pyridine rings is 1. The fourth-order valence-electron chi connectivity index (χ4n) is 4.26. The predicted molar refractivity (Wildman–Crippen MR) is 131 cm³/mol. The van der Waals surface area contributed by atoms with Gasteiger partial charge in [0.1, 0.15) is 18.5 Å². The van der Waals surface area contributed by atoms with Gasteiger partial charge in [-0.1, -0.05) is 12.1 Å². The van der Waals surface area contributed by atoms with E-state index in [0.717, 1.165) is 60.6 Å². The molecule has 1 unspecified atom stereocenters. The Labute approximate surface area is 195 Å². The SMILES string of the molecule is CC(C)n1ncc2c(N(C)CC3CCOCC3)cc(-c3cccc(OCC(O)CN)c3)nc21. The maximum Gasteiger partial charge on any atom is 0.160 e. The largest absolute Gasteiger partial charge is 0.491 e. The van der Waals surface area contributed by atoms with Crippen LogP contribution in [0.3, 0.4) is 0 Å². The van der Waals surface area contributed by atoms with Gasteiger partial charge in [0.15, 0.2) is 5.65 Å². The van der Waals surface area contributed by atoms with E-state index in [0.29, 0.717) is 11.7 Å². The second-order valence-corrected chi connectivity index (χ2v) is 9.11. The highest BCUT2D eigenvalue weighted by atomic mass is 16.5. The molecule has 3 aromatic rings. The first-order valence-corrected chi connectivity index (χ1v) is 11.7. The molecule has 0 spiro atoms. The lowest BCUT2D eigenvalue weighted by atomic mass is 9.99. The summed E-state index contributed by atoms with van der Waals surface area (Å²) in [6.45, 7) is 7.20. The summed E-state index contributed by atoms with van der Waals surface area (Å²) in [5.74, 6) is 1.29. The van der Waals surface area contributed by atoms with E-state index < -0.39 is 6.10 Å². The van der Waals surface area contributed by atoms with Crippen LogP contribution in [0.4, 0.5) is 5.69 Å². The van der Waals surface area contributed by atoms with E-state index in [1.165, 1.54) is 0 Å². The highest BCUT2D eigenvalue weighted by Crippen LogP contribution is 2.33. The highest BCUT2D eigenvalue weighted by Gasteiger charge is 2.20. The molecule has 0 radical (unpaired) electrons. The van der Waals surface area contributed by atoms with Crippen LogP contribution < -0.4 is 15.4 Å². The Bertz CT molecular complexity index is 1060. The Balaban J connectivity index is 1.70. The molecule has 1 aromatic carbocycles. The Morgan fingerprint density at radius 3 is 2.79 bits per heavy atom. The third-order valence-electron chi connectivity index (χ3n) is 6.16. The average molecular weight is 454 g/mol. The number of nitrogens with zero attached hydrogens (tertiary/aromatic N) is 4. The molecule has 3 heterocycles. The topological polar surface area (TPSA) is 98.7 Å². The summed E-state index contributed by atoms with van der Waals surface area (Å²) in [6, 6.07) is 10.1. The summed E-state index contributed by atoms with van der Waals surface area (Å²) in [4.78, 5) is 7.33. The standard InChI is InChI=1S/C25H35N5O3/c1-17(2)30-25-22(14-27-30)24(29(3)15-18-7-9-32-10-8-18)12-23(28-25)19-5-4-6-21(11-19)33-16-20(31)13-26/h4-6,11-12,14,17-18,20,31H,7-10,13,15-16,26H2,1-3H3. The first-order chi connectivity index (χ1) is 16.0. The van der Waals surface area contributed by atoms with Gasteiger partial charge in [-0.3, -0.25) is 0 Å². The molecule has 1 saturated heterocycles. The zero-order valence-electron chi connectivity index (χ0n) is 19.8.